The van der Waals surface area contributed by atoms with Crippen molar-refractivity contribution in [1.82, 2.24) is 9.80 Å². The number of piperidine rings is 1. The van der Waals surface area contributed by atoms with Gasteiger partial charge in [-0.2, -0.15) is 0 Å². The SMILES string of the molecule is NC(=NCC1CCN(Cc2cccs2)CC1)N1CCOCC1. The Labute approximate surface area is 136 Å². The highest BCUT2D eigenvalue weighted by Crippen LogP contribution is 2.20. The summed E-state index contributed by atoms with van der Waals surface area (Å²) in [7, 11) is 0. The molecule has 1 aromatic heterocycles. The average Bonchev–Trinajstić information content (AvgIpc) is 3.08. The van der Waals surface area contributed by atoms with Gasteiger partial charge in [0.25, 0.3) is 0 Å². The second-order valence-electron chi connectivity index (χ2n) is 6.10. The van der Waals surface area contributed by atoms with Gasteiger partial charge < -0.3 is 15.4 Å². The van der Waals surface area contributed by atoms with E-state index in [4.69, 9.17) is 10.5 Å². The lowest BCUT2D eigenvalue weighted by molar-refractivity contribution is 0.0673. The smallest absolute Gasteiger partial charge is 0.191 e. The first kappa shape index (κ1) is 15.8. The number of nitrogens with zero attached hydrogens (tertiary/aromatic N) is 3. The van der Waals surface area contributed by atoms with E-state index in [1.807, 2.05) is 11.3 Å². The molecule has 122 valence electrons. The highest BCUT2D eigenvalue weighted by molar-refractivity contribution is 7.09. The van der Waals surface area contributed by atoms with Crippen LogP contribution in [-0.2, 0) is 11.3 Å². The maximum Gasteiger partial charge on any atom is 0.191 e. The third-order valence-corrected chi connectivity index (χ3v) is 5.37. The van der Waals surface area contributed by atoms with Gasteiger partial charge in [0.1, 0.15) is 0 Å². The highest BCUT2D eigenvalue weighted by Gasteiger charge is 2.20. The van der Waals surface area contributed by atoms with Gasteiger partial charge in [-0.15, -0.1) is 11.3 Å². The molecule has 2 fully saturated rings. The fourth-order valence-corrected chi connectivity index (χ4v) is 3.81. The van der Waals surface area contributed by atoms with Crippen molar-refractivity contribution in [1.29, 1.82) is 0 Å². The molecule has 2 aliphatic rings. The van der Waals surface area contributed by atoms with E-state index in [2.05, 4.69) is 32.3 Å². The summed E-state index contributed by atoms with van der Waals surface area (Å²) in [5.74, 6) is 1.38. The van der Waals surface area contributed by atoms with E-state index in [1.165, 1.54) is 30.8 Å². The van der Waals surface area contributed by atoms with Crippen LogP contribution in [0.15, 0.2) is 22.5 Å². The molecule has 2 N–H and O–H groups in total. The van der Waals surface area contributed by atoms with Crippen LogP contribution in [0.4, 0.5) is 0 Å². The summed E-state index contributed by atoms with van der Waals surface area (Å²) in [6.45, 7) is 7.59. The molecule has 0 aromatic carbocycles. The van der Waals surface area contributed by atoms with E-state index in [9.17, 15) is 0 Å². The molecule has 0 radical (unpaired) electrons. The quantitative estimate of drug-likeness (QED) is 0.676. The van der Waals surface area contributed by atoms with E-state index in [0.29, 0.717) is 11.9 Å². The number of ether oxygens (including phenoxy) is 1. The first-order valence-corrected chi connectivity index (χ1v) is 9.06. The Bertz CT molecular complexity index is 463. The highest BCUT2D eigenvalue weighted by atomic mass is 32.1. The number of likely N-dealkylation sites (tertiary alicyclic amines) is 1. The van der Waals surface area contributed by atoms with E-state index in [1.54, 1.807) is 0 Å². The van der Waals surface area contributed by atoms with Crippen LogP contribution >= 0.6 is 11.3 Å². The standard InChI is InChI=1S/C16H26N4OS/c17-16(20-7-9-21-10-8-20)18-12-14-3-5-19(6-4-14)13-15-2-1-11-22-15/h1-2,11,14H,3-10,12-13H2,(H2,17,18). The molecule has 5 nitrogen and oxygen atoms in total. The second kappa shape index (κ2) is 7.94. The fraction of sp³-hybridized carbons (Fsp3) is 0.688. The number of aliphatic imine (C=N–C) groups is 1. The molecule has 3 heterocycles. The number of nitrogens with two attached hydrogens (primary N) is 1. The fourth-order valence-electron chi connectivity index (χ4n) is 3.07. The number of hydrogen-bond donors (Lipinski definition) is 1. The lowest BCUT2D eigenvalue weighted by Gasteiger charge is -2.31. The molecular weight excluding hydrogens is 296 g/mol. The van der Waals surface area contributed by atoms with Gasteiger partial charge in [-0.25, -0.2) is 0 Å². The summed E-state index contributed by atoms with van der Waals surface area (Å²) in [6.07, 6.45) is 2.45. The zero-order valence-electron chi connectivity index (χ0n) is 13.1. The summed E-state index contributed by atoms with van der Waals surface area (Å²) >= 11 is 1.85. The Morgan fingerprint density at radius 3 is 2.73 bits per heavy atom. The van der Waals surface area contributed by atoms with Crippen molar-refractivity contribution in [3.8, 4) is 0 Å². The molecule has 2 aliphatic heterocycles. The van der Waals surface area contributed by atoms with E-state index < -0.39 is 0 Å². The van der Waals surface area contributed by atoms with Crippen LogP contribution in [0.5, 0.6) is 0 Å². The van der Waals surface area contributed by atoms with E-state index in [0.717, 1.165) is 39.4 Å². The van der Waals surface area contributed by atoms with E-state index in [-0.39, 0.29) is 0 Å². The molecule has 0 unspecified atom stereocenters. The number of thiophene rings is 1. The summed E-state index contributed by atoms with van der Waals surface area (Å²) in [4.78, 5) is 10.8. The Hall–Kier alpha value is -1.11. The van der Waals surface area contributed by atoms with Crippen LogP contribution in [0.1, 0.15) is 17.7 Å². The molecule has 0 amide bonds. The number of morpholine rings is 1. The summed E-state index contributed by atoms with van der Waals surface area (Å²) in [6, 6.07) is 4.36. The van der Waals surface area contributed by atoms with Crippen molar-refractivity contribution >= 4 is 17.3 Å². The predicted octanol–water partition coefficient (Wildman–Crippen LogP) is 1.61. The van der Waals surface area contributed by atoms with Gasteiger partial charge in [0, 0.05) is 31.1 Å². The Balaban J connectivity index is 1.39. The third kappa shape index (κ3) is 4.44. The second-order valence-corrected chi connectivity index (χ2v) is 7.13. The maximum atomic E-state index is 6.09. The minimum absolute atomic E-state index is 0.680. The number of rotatable bonds is 4. The lowest BCUT2D eigenvalue weighted by Crippen LogP contribution is -2.45. The molecule has 1 aromatic rings. The summed E-state index contributed by atoms with van der Waals surface area (Å²) in [5.41, 5.74) is 6.09. The zero-order valence-corrected chi connectivity index (χ0v) is 13.9. The van der Waals surface area contributed by atoms with Crippen molar-refractivity contribution in [2.24, 2.45) is 16.6 Å². The molecule has 3 rings (SSSR count). The molecule has 0 aliphatic carbocycles. The minimum atomic E-state index is 0.680. The van der Waals surface area contributed by atoms with E-state index >= 15 is 0 Å². The predicted molar refractivity (Wildman–Crippen MR) is 91.2 cm³/mol. The number of hydrogen-bond acceptors (Lipinski definition) is 4. The third-order valence-electron chi connectivity index (χ3n) is 4.51. The first-order chi connectivity index (χ1) is 10.8. The van der Waals surface area contributed by atoms with Gasteiger partial charge in [-0.05, 0) is 43.3 Å². The van der Waals surface area contributed by atoms with Gasteiger partial charge >= 0.3 is 0 Å². The molecule has 0 atom stereocenters. The Kier molecular flexibility index (Phi) is 5.70. The topological polar surface area (TPSA) is 54.1 Å². The van der Waals surface area contributed by atoms with Gasteiger partial charge in [-0.1, -0.05) is 6.07 Å². The molecule has 0 spiro atoms. The largest absolute Gasteiger partial charge is 0.378 e. The van der Waals surface area contributed by atoms with Gasteiger partial charge in [0.15, 0.2) is 5.96 Å². The lowest BCUT2D eigenvalue weighted by atomic mass is 9.97. The molecule has 2 saturated heterocycles. The van der Waals surface area contributed by atoms with Gasteiger partial charge in [0.05, 0.1) is 13.2 Å². The summed E-state index contributed by atoms with van der Waals surface area (Å²) in [5, 5.41) is 2.16. The van der Waals surface area contributed by atoms with Gasteiger partial charge in [-0.3, -0.25) is 9.89 Å². The van der Waals surface area contributed by atoms with Crippen LogP contribution in [0.2, 0.25) is 0 Å². The molecule has 0 bridgehead atoms. The van der Waals surface area contributed by atoms with Crippen molar-refractivity contribution < 1.29 is 4.74 Å². The van der Waals surface area contributed by atoms with Crippen LogP contribution in [-0.4, -0.2) is 61.7 Å². The molecular formula is C16H26N4OS. The zero-order chi connectivity index (χ0) is 15.2. The Morgan fingerprint density at radius 1 is 1.27 bits per heavy atom. The minimum Gasteiger partial charge on any atom is -0.378 e. The van der Waals surface area contributed by atoms with Crippen LogP contribution in [0.3, 0.4) is 0 Å². The molecule has 22 heavy (non-hydrogen) atoms. The Morgan fingerprint density at radius 2 is 2.05 bits per heavy atom. The monoisotopic (exact) mass is 322 g/mol. The van der Waals surface area contributed by atoms with Crippen molar-refractivity contribution in [2.45, 2.75) is 19.4 Å². The van der Waals surface area contributed by atoms with Gasteiger partial charge in [0.2, 0.25) is 0 Å². The number of guanidine groups is 1. The van der Waals surface area contributed by atoms with Crippen LogP contribution in [0, 0.1) is 5.92 Å². The van der Waals surface area contributed by atoms with Crippen molar-refractivity contribution in [3.05, 3.63) is 22.4 Å². The molecule has 0 saturated carbocycles. The first-order valence-electron chi connectivity index (χ1n) is 8.18. The van der Waals surface area contributed by atoms with Crippen molar-refractivity contribution in [2.75, 3.05) is 45.9 Å². The summed E-state index contributed by atoms with van der Waals surface area (Å²) < 4.78 is 5.34. The van der Waals surface area contributed by atoms with Crippen LogP contribution < -0.4 is 5.73 Å². The molecule has 6 heteroatoms. The average molecular weight is 322 g/mol. The maximum absolute atomic E-state index is 6.09. The normalized spacial score (nSPS) is 22.2. The van der Waals surface area contributed by atoms with Crippen LogP contribution in [0.25, 0.3) is 0 Å². The van der Waals surface area contributed by atoms with Crippen molar-refractivity contribution in [3.63, 3.8) is 0 Å².